The van der Waals surface area contributed by atoms with Crippen LogP contribution in [0.3, 0.4) is 0 Å². The number of nitrogens with one attached hydrogen (secondary N) is 1. The van der Waals surface area contributed by atoms with Crippen molar-refractivity contribution in [3.05, 3.63) is 65.6 Å². The Labute approximate surface area is 195 Å². The van der Waals surface area contributed by atoms with Crippen molar-refractivity contribution >= 4 is 11.6 Å². The van der Waals surface area contributed by atoms with Gasteiger partial charge >= 0.3 is 0 Å². The van der Waals surface area contributed by atoms with Crippen LogP contribution in [0.5, 0.6) is 5.75 Å². The Kier molecular flexibility index (Phi) is 7.62. The minimum Gasteiger partial charge on any atom is -0.497 e. The van der Waals surface area contributed by atoms with Gasteiger partial charge in [-0.25, -0.2) is 9.97 Å². The van der Waals surface area contributed by atoms with E-state index in [0.29, 0.717) is 22.8 Å². The van der Waals surface area contributed by atoms with E-state index in [1.54, 1.807) is 25.6 Å². The van der Waals surface area contributed by atoms with Crippen molar-refractivity contribution in [2.75, 3.05) is 38.6 Å². The number of piperidine rings is 1. The molecule has 1 aliphatic heterocycles. The molecule has 1 saturated heterocycles. The summed E-state index contributed by atoms with van der Waals surface area (Å²) < 4.78 is 5.33. The molecule has 0 aliphatic carbocycles. The molecule has 33 heavy (non-hydrogen) atoms. The highest BCUT2D eigenvalue weighted by molar-refractivity contribution is 5.98. The molecule has 0 saturated carbocycles. The molecule has 0 radical (unpaired) electrons. The summed E-state index contributed by atoms with van der Waals surface area (Å²) in [4.78, 5) is 29.1. The number of hydrogen-bond donors (Lipinski definition) is 1. The Morgan fingerprint density at radius 2 is 1.97 bits per heavy atom. The van der Waals surface area contributed by atoms with Crippen molar-refractivity contribution < 1.29 is 9.53 Å². The van der Waals surface area contributed by atoms with Crippen LogP contribution in [-0.2, 0) is 6.42 Å². The number of carbonyl (C=O) groups is 1. The Hall–Kier alpha value is -3.32. The Balaban J connectivity index is 1.53. The lowest BCUT2D eigenvalue weighted by molar-refractivity contribution is 0.0991. The summed E-state index contributed by atoms with van der Waals surface area (Å²) in [5.41, 5.74) is 3.10. The molecule has 0 amide bonds. The molecule has 4 rings (SSSR count). The molecule has 0 atom stereocenters. The first-order valence-electron chi connectivity index (χ1n) is 11.5. The normalized spacial score (nSPS) is 14.1. The molecular formula is C26H31N5O2. The lowest BCUT2D eigenvalue weighted by Crippen LogP contribution is -2.33. The van der Waals surface area contributed by atoms with Gasteiger partial charge < -0.3 is 15.0 Å². The van der Waals surface area contributed by atoms with E-state index in [0.717, 1.165) is 43.1 Å². The van der Waals surface area contributed by atoms with Crippen LogP contribution < -0.4 is 10.1 Å². The van der Waals surface area contributed by atoms with Gasteiger partial charge in [0.15, 0.2) is 11.6 Å². The second-order valence-electron chi connectivity index (χ2n) is 8.48. The second-order valence-corrected chi connectivity index (χ2v) is 8.48. The maximum atomic E-state index is 13.1. The number of aromatic nitrogens is 3. The van der Waals surface area contributed by atoms with Gasteiger partial charge in [-0.3, -0.25) is 9.78 Å². The van der Waals surface area contributed by atoms with Crippen LogP contribution in [0.2, 0.25) is 0 Å². The molecule has 3 aromatic rings. The number of aryl methyl sites for hydroxylation is 1. The maximum absolute atomic E-state index is 13.1. The van der Waals surface area contributed by atoms with Crippen LogP contribution in [0.25, 0.3) is 11.4 Å². The van der Waals surface area contributed by atoms with Crippen molar-refractivity contribution in [3.8, 4) is 17.1 Å². The van der Waals surface area contributed by atoms with Crippen LogP contribution in [0.1, 0.15) is 40.9 Å². The zero-order chi connectivity index (χ0) is 23.0. The summed E-state index contributed by atoms with van der Waals surface area (Å²) in [5.74, 6) is 1.96. The summed E-state index contributed by atoms with van der Waals surface area (Å²) in [6.45, 7) is 6.04. The van der Waals surface area contributed by atoms with Crippen molar-refractivity contribution in [1.29, 1.82) is 0 Å². The first-order chi connectivity index (χ1) is 16.1. The van der Waals surface area contributed by atoms with Gasteiger partial charge in [0.05, 0.1) is 19.2 Å². The fourth-order valence-corrected chi connectivity index (χ4v) is 4.12. The van der Waals surface area contributed by atoms with Crippen molar-refractivity contribution in [2.45, 2.75) is 32.6 Å². The Morgan fingerprint density at radius 3 is 2.73 bits per heavy atom. The van der Waals surface area contributed by atoms with Gasteiger partial charge in [0, 0.05) is 42.7 Å². The number of ether oxygens (including phenoxy) is 1. The molecule has 1 aliphatic rings. The Morgan fingerprint density at radius 1 is 1.12 bits per heavy atom. The summed E-state index contributed by atoms with van der Waals surface area (Å²) in [6, 6.07) is 11.2. The molecule has 1 N–H and O–H groups in total. The molecule has 2 aromatic heterocycles. The average Bonchev–Trinajstić information content (AvgIpc) is 2.84. The number of methoxy groups -OCH3 is 1. The van der Waals surface area contributed by atoms with Crippen LogP contribution in [0.4, 0.5) is 5.82 Å². The predicted molar refractivity (Wildman–Crippen MR) is 130 cm³/mol. The van der Waals surface area contributed by atoms with Crippen molar-refractivity contribution in [3.63, 3.8) is 0 Å². The predicted octanol–water partition coefficient (Wildman–Crippen LogP) is 4.18. The molecule has 1 fully saturated rings. The van der Waals surface area contributed by atoms with E-state index in [1.165, 1.54) is 19.3 Å². The van der Waals surface area contributed by atoms with E-state index in [4.69, 9.17) is 9.72 Å². The number of likely N-dealkylation sites (tertiary alicyclic amines) is 1. The lowest BCUT2D eigenvalue weighted by Gasteiger charge is -2.26. The minimum absolute atomic E-state index is 0.00731. The number of benzene rings is 1. The third kappa shape index (κ3) is 6.35. The first-order valence-corrected chi connectivity index (χ1v) is 11.5. The zero-order valence-corrected chi connectivity index (χ0v) is 19.4. The molecule has 0 bridgehead atoms. The summed E-state index contributed by atoms with van der Waals surface area (Å²) >= 11 is 0. The fraction of sp³-hybridized carbons (Fsp3) is 0.385. The number of rotatable bonds is 9. The van der Waals surface area contributed by atoms with Crippen molar-refractivity contribution in [2.24, 2.45) is 0 Å². The smallest absolute Gasteiger partial charge is 0.168 e. The SMILES string of the molecule is COc1cc(C)cc(C(=O)Cc2cc(NCCN3CCCCC3)nc(-c3cccnc3)n2)c1. The van der Waals surface area contributed by atoms with E-state index in [9.17, 15) is 4.79 Å². The number of nitrogens with zero attached hydrogens (tertiary/aromatic N) is 4. The van der Waals surface area contributed by atoms with E-state index in [2.05, 4.69) is 20.2 Å². The van der Waals surface area contributed by atoms with E-state index in [1.807, 2.05) is 37.3 Å². The third-order valence-electron chi connectivity index (χ3n) is 5.83. The number of carbonyl (C=O) groups excluding carboxylic acids is 1. The number of Topliss-reactive ketones (excluding diaryl/α,β-unsaturated/α-hetero) is 1. The molecular weight excluding hydrogens is 414 g/mol. The number of ketones is 1. The van der Waals surface area contributed by atoms with Gasteiger partial charge in [-0.05, 0) is 68.8 Å². The largest absolute Gasteiger partial charge is 0.497 e. The summed E-state index contributed by atoms with van der Waals surface area (Å²) in [7, 11) is 1.61. The van der Waals surface area contributed by atoms with Gasteiger partial charge in [0.25, 0.3) is 0 Å². The molecule has 0 spiro atoms. The first kappa shape index (κ1) is 22.9. The molecule has 7 nitrogen and oxygen atoms in total. The highest BCUT2D eigenvalue weighted by Crippen LogP contribution is 2.21. The summed E-state index contributed by atoms with van der Waals surface area (Å²) in [6.07, 6.45) is 7.52. The van der Waals surface area contributed by atoms with Gasteiger partial charge in [0.1, 0.15) is 11.6 Å². The van der Waals surface area contributed by atoms with E-state index in [-0.39, 0.29) is 12.2 Å². The highest BCUT2D eigenvalue weighted by Gasteiger charge is 2.14. The highest BCUT2D eigenvalue weighted by atomic mass is 16.5. The standard InChI is InChI=1S/C26H31N5O2/c1-19-13-21(15-23(14-19)33-2)24(32)16-22-17-25(28-9-12-31-10-4-3-5-11-31)30-26(29-22)20-7-6-8-27-18-20/h6-8,13-15,17-18H,3-5,9-12,16H2,1-2H3,(H,28,29,30). The van der Waals surface area contributed by atoms with Gasteiger partial charge in [0.2, 0.25) is 0 Å². The Bertz CT molecular complexity index is 1080. The average molecular weight is 446 g/mol. The molecule has 3 heterocycles. The maximum Gasteiger partial charge on any atom is 0.168 e. The fourth-order valence-electron chi connectivity index (χ4n) is 4.12. The monoisotopic (exact) mass is 445 g/mol. The summed E-state index contributed by atoms with van der Waals surface area (Å²) in [5, 5.41) is 3.44. The number of pyridine rings is 1. The van der Waals surface area contributed by atoms with Gasteiger partial charge in [-0.1, -0.05) is 6.42 Å². The lowest BCUT2D eigenvalue weighted by atomic mass is 10.0. The number of hydrogen-bond acceptors (Lipinski definition) is 7. The third-order valence-corrected chi connectivity index (χ3v) is 5.83. The van der Waals surface area contributed by atoms with Crippen LogP contribution in [0, 0.1) is 6.92 Å². The van der Waals surface area contributed by atoms with Gasteiger partial charge in [-0.2, -0.15) is 0 Å². The molecule has 0 unspecified atom stereocenters. The quantitative estimate of drug-likeness (QED) is 0.495. The van der Waals surface area contributed by atoms with Crippen LogP contribution in [0.15, 0.2) is 48.8 Å². The topological polar surface area (TPSA) is 80.2 Å². The molecule has 1 aromatic carbocycles. The van der Waals surface area contributed by atoms with E-state index < -0.39 is 0 Å². The van der Waals surface area contributed by atoms with E-state index >= 15 is 0 Å². The van der Waals surface area contributed by atoms with Crippen molar-refractivity contribution in [1.82, 2.24) is 19.9 Å². The minimum atomic E-state index is -0.00731. The van der Waals surface area contributed by atoms with Crippen LogP contribution in [-0.4, -0.2) is 58.9 Å². The molecule has 7 heteroatoms. The molecule has 172 valence electrons. The van der Waals surface area contributed by atoms with Gasteiger partial charge in [-0.15, -0.1) is 0 Å². The number of anilines is 1. The van der Waals surface area contributed by atoms with Crippen LogP contribution >= 0.6 is 0 Å². The zero-order valence-electron chi connectivity index (χ0n) is 19.4. The second kappa shape index (κ2) is 11.0.